The van der Waals surface area contributed by atoms with Gasteiger partial charge in [0.2, 0.25) is 0 Å². The molecule has 1 heterocycles. The van der Waals surface area contributed by atoms with Gasteiger partial charge in [0, 0.05) is 11.4 Å². The van der Waals surface area contributed by atoms with Gasteiger partial charge in [-0.05, 0) is 51.7 Å². The van der Waals surface area contributed by atoms with Crippen LogP contribution in [0.4, 0.5) is 5.69 Å². The maximum atomic E-state index is 13.1. The van der Waals surface area contributed by atoms with Crippen LogP contribution in [0, 0.1) is 6.92 Å². The van der Waals surface area contributed by atoms with Gasteiger partial charge in [-0.25, -0.2) is 0 Å². The van der Waals surface area contributed by atoms with Crippen LogP contribution < -0.4 is 4.90 Å². The molecule has 0 radical (unpaired) electrons. The van der Waals surface area contributed by atoms with Gasteiger partial charge in [0.25, 0.3) is 5.91 Å². The molecule has 0 bridgehead atoms. The first kappa shape index (κ1) is 19.0. The van der Waals surface area contributed by atoms with Gasteiger partial charge >= 0.3 is 0 Å². The Morgan fingerprint density at radius 1 is 1.12 bits per heavy atom. The molecule has 0 spiro atoms. The Morgan fingerprint density at radius 2 is 1.81 bits per heavy atom. The highest BCUT2D eigenvalue weighted by molar-refractivity contribution is 7.99. The number of benzene rings is 2. The van der Waals surface area contributed by atoms with Crippen molar-refractivity contribution in [1.29, 1.82) is 0 Å². The van der Waals surface area contributed by atoms with Crippen LogP contribution in [0.1, 0.15) is 22.8 Å². The number of nitrogens with zero attached hydrogens (tertiary/aromatic N) is 2. The summed E-state index contributed by atoms with van der Waals surface area (Å²) in [6.45, 7) is 3.54. The number of carbonyl (C=O) groups excluding carboxylic acids is 1. The molecule has 1 aliphatic heterocycles. The van der Waals surface area contributed by atoms with E-state index in [1.807, 2.05) is 69.6 Å². The molecule has 26 heavy (non-hydrogen) atoms. The van der Waals surface area contributed by atoms with Crippen molar-refractivity contribution >= 4 is 23.4 Å². The Bertz CT molecular complexity index is 761. The summed E-state index contributed by atoms with van der Waals surface area (Å²) in [5.74, 6) is -0.216. The normalized spacial score (nSPS) is 20.2. The smallest absolute Gasteiger partial charge is 0.257 e. The number of amides is 1. The van der Waals surface area contributed by atoms with E-state index in [1.165, 1.54) is 5.56 Å². The van der Waals surface area contributed by atoms with Gasteiger partial charge in [0.05, 0.1) is 10.9 Å². The minimum absolute atomic E-state index is 0.216. The van der Waals surface area contributed by atoms with E-state index in [0.29, 0.717) is 6.54 Å². The minimum Gasteiger partial charge on any atom is -0.382 e. The van der Waals surface area contributed by atoms with Crippen molar-refractivity contribution < 1.29 is 9.90 Å². The molecule has 2 aromatic rings. The fraction of sp³-hybridized carbons (Fsp3) is 0.381. The molecule has 0 aliphatic carbocycles. The average Bonchev–Trinajstić information content (AvgIpc) is 2.73. The fourth-order valence-electron chi connectivity index (χ4n) is 3.17. The molecule has 2 unspecified atom stereocenters. The zero-order valence-corrected chi connectivity index (χ0v) is 16.4. The third-order valence-corrected chi connectivity index (χ3v) is 5.99. The molecular formula is C21H26N2O2S. The second-order valence-corrected chi connectivity index (χ2v) is 8.19. The molecule has 2 aromatic carbocycles. The molecule has 138 valence electrons. The number of aliphatic hydroxyl groups is 1. The van der Waals surface area contributed by atoms with Crippen molar-refractivity contribution in [3.05, 3.63) is 59.7 Å². The maximum Gasteiger partial charge on any atom is 0.257 e. The van der Waals surface area contributed by atoms with E-state index < -0.39 is 6.10 Å². The van der Waals surface area contributed by atoms with Gasteiger partial charge in [-0.3, -0.25) is 4.79 Å². The molecule has 1 aliphatic rings. The summed E-state index contributed by atoms with van der Waals surface area (Å²) < 4.78 is 0. The molecule has 1 amide bonds. The lowest BCUT2D eigenvalue weighted by atomic mass is 10.0. The summed E-state index contributed by atoms with van der Waals surface area (Å²) in [6, 6.07) is 16.0. The van der Waals surface area contributed by atoms with Crippen molar-refractivity contribution in [3.8, 4) is 0 Å². The van der Waals surface area contributed by atoms with Crippen molar-refractivity contribution in [2.45, 2.75) is 29.6 Å². The second-order valence-electron chi connectivity index (χ2n) is 7.01. The highest BCUT2D eigenvalue weighted by Gasteiger charge is 2.36. The zero-order valence-electron chi connectivity index (χ0n) is 15.6. The van der Waals surface area contributed by atoms with Crippen molar-refractivity contribution in [2.75, 3.05) is 32.1 Å². The van der Waals surface area contributed by atoms with Crippen LogP contribution in [0.5, 0.6) is 0 Å². The average molecular weight is 371 g/mol. The van der Waals surface area contributed by atoms with Crippen LogP contribution in [-0.2, 0) is 4.79 Å². The van der Waals surface area contributed by atoms with Gasteiger partial charge in [-0.1, -0.05) is 42.0 Å². The summed E-state index contributed by atoms with van der Waals surface area (Å²) in [4.78, 5) is 18.0. The first-order valence-electron chi connectivity index (χ1n) is 8.94. The van der Waals surface area contributed by atoms with E-state index in [4.69, 9.17) is 0 Å². The third-order valence-electron chi connectivity index (χ3n) is 4.61. The lowest BCUT2D eigenvalue weighted by Gasteiger charge is -2.25. The van der Waals surface area contributed by atoms with E-state index in [0.717, 1.165) is 29.1 Å². The Morgan fingerprint density at radius 3 is 2.50 bits per heavy atom. The molecule has 0 fully saturated rings. The number of para-hydroxylation sites is 1. The molecule has 0 aromatic heterocycles. The van der Waals surface area contributed by atoms with E-state index in [2.05, 4.69) is 4.90 Å². The Hall–Kier alpha value is -1.82. The van der Waals surface area contributed by atoms with Crippen LogP contribution >= 0.6 is 11.8 Å². The Labute approximate surface area is 159 Å². The van der Waals surface area contributed by atoms with Gasteiger partial charge in [0.15, 0.2) is 0 Å². The van der Waals surface area contributed by atoms with E-state index >= 15 is 0 Å². The maximum absolute atomic E-state index is 13.1. The Balaban J connectivity index is 1.93. The number of hydrogen-bond donors (Lipinski definition) is 1. The minimum atomic E-state index is -1.06. The van der Waals surface area contributed by atoms with Crippen molar-refractivity contribution in [1.82, 2.24) is 4.90 Å². The largest absolute Gasteiger partial charge is 0.382 e. The van der Waals surface area contributed by atoms with Gasteiger partial charge in [-0.15, -0.1) is 11.8 Å². The number of fused-ring (bicyclic) bond motifs is 1. The van der Waals surface area contributed by atoms with E-state index in [1.54, 1.807) is 16.7 Å². The Kier molecular flexibility index (Phi) is 6.01. The van der Waals surface area contributed by atoms with Crippen LogP contribution in [0.2, 0.25) is 0 Å². The molecule has 5 heteroatoms. The summed E-state index contributed by atoms with van der Waals surface area (Å²) in [5.41, 5.74) is 3.04. The lowest BCUT2D eigenvalue weighted by Crippen LogP contribution is -2.41. The monoisotopic (exact) mass is 370 g/mol. The van der Waals surface area contributed by atoms with Crippen LogP contribution in [0.3, 0.4) is 0 Å². The first-order chi connectivity index (χ1) is 12.5. The molecule has 3 rings (SSSR count). The number of thioether (sulfide) groups is 1. The number of hydrogen-bond acceptors (Lipinski definition) is 4. The standard InChI is InChI=1S/C21H26N2O2S/c1-15-9-11-16(12-10-15)20-19(24)21(25)23(14-6-13-22(2)3)17-7-4-5-8-18(17)26-20/h4-5,7-12,19-20,24H,6,13-14H2,1-3H3. The van der Waals surface area contributed by atoms with Crippen molar-refractivity contribution in [2.24, 2.45) is 0 Å². The number of rotatable bonds is 5. The van der Waals surface area contributed by atoms with Crippen LogP contribution in [0.15, 0.2) is 53.4 Å². The SMILES string of the molecule is Cc1ccc(C2Sc3ccccc3N(CCCN(C)C)C(=O)C2O)cc1. The second kappa shape index (κ2) is 8.25. The van der Waals surface area contributed by atoms with Gasteiger partial charge < -0.3 is 14.9 Å². The predicted molar refractivity (Wildman–Crippen MR) is 108 cm³/mol. The van der Waals surface area contributed by atoms with Crippen LogP contribution in [-0.4, -0.2) is 49.2 Å². The topological polar surface area (TPSA) is 43.8 Å². The highest BCUT2D eigenvalue weighted by atomic mass is 32.2. The molecular weight excluding hydrogens is 344 g/mol. The molecule has 0 saturated heterocycles. The summed E-state index contributed by atoms with van der Waals surface area (Å²) in [7, 11) is 4.05. The summed E-state index contributed by atoms with van der Waals surface area (Å²) in [5, 5.41) is 10.6. The third kappa shape index (κ3) is 4.11. The lowest BCUT2D eigenvalue weighted by molar-refractivity contribution is -0.126. The molecule has 1 N–H and O–H groups in total. The summed E-state index contributed by atoms with van der Waals surface area (Å²) in [6.07, 6.45) is -0.200. The number of aliphatic hydroxyl groups excluding tert-OH is 1. The number of carbonyl (C=O) groups is 1. The van der Waals surface area contributed by atoms with Gasteiger partial charge in [-0.2, -0.15) is 0 Å². The zero-order chi connectivity index (χ0) is 18.7. The number of aryl methyl sites for hydroxylation is 1. The first-order valence-corrected chi connectivity index (χ1v) is 9.82. The van der Waals surface area contributed by atoms with E-state index in [-0.39, 0.29) is 11.2 Å². The van der Waals surface area contributed by atoms with Crippen molar-refractivity contribution in [3.63, 3.8) is 0 Å². The number of anilines is 1. The van der Waals surface area contributed by atoms with Gasteiger partial charge in [0.1, 0.15) is 6.10 Å². The highest BCUT2D eigenvalue weighted by Crippen LogP contribution is 2.45. The molecule has 0 saturated carbocycles. The fourth-order valence-corrected chi connectivity index (χ4v) is 4.44. The van der Waals surface area contributed by atoms with E-state index in [9.17, 15) is 9.90 Å². The quantitative estimate of drug-likeness (QED) is 0.875. The molecule has 4 nitrogen and oxygen atoms in total. The van der Waals surface area contributed by atoms with Crippen LogP contribution in [0.25, 0.3) is 0 Å². The summed E-state index contributed by atoms with van der Waals surface area (Å²) >= 11 is 1.57. The molecule has 2 atom stereocenters. The predicted octanol–water partition coefficient (Wildman–Crippen LogP) is 3.49.